The van der Waals surface area contributed by atoms with E-state index in [1.54, 1.807) is 0 Å². The normalized spacial score (nSPS) is 15.8. The number of amides is 1. The van der Waals surface area contributed by atoms with Crippen molar-refractivity contribution < 1.29 is 4.79 Å². The summed E-state index contributed by atoms with van der Waals surface area (Å²) in [6, 6.07) is 8.07. The monoisotopic (exact) mass is 266 g/mol. The predicted octanol–water partition coefficient (Wildman–Crippen LogP) is 2.85. The van der Waals surface area contributed by atoms with Crippen LogP contribution in [0.3, 0.4) is 0 Å². The van der Waals surface area contributed by atoms with Crippen molar-refractivity contribution >= 4 is 23.2 Å². The highest BCUT2D eigenvalue weighted by Gasteiger charge is 2.11. The van der Waals surface area contributed by atoms with Crippen molar-refractivity contribution in [3.63, 3.8) is 0 Å². The second kappa shape index (κ2) is 6.76. The number of benzene rings is 1. The van der Waals surface area contributed by atoms with E-state index in [1.165, 1.54) is 31.5 Å². The minimum atomic E-state index is -0.0303. The van der Waals surface area contributed by atoms with E-state index >= 15 is 0 Å². The molecule has 1 aromatic carbocycles. The highest BCUT2D eigenvalue weighted by molar-refractivity contribution is 6.19. The maximum Gasteiger partial charge on any atom is 0.225 e. The van der Waals surface area contributed by atoms with Crippen LogP contribution in [-0.4, -0.2) is 29.8 Å². The van der Waals surface area contributed by atoms with Crippen LogP contribution in [0.15, 0.2) is 24.3 Å². The Kier molecular flexibility index (Phi) is 5.02. The summed E-state index contributed by atoms with van der Waals surface area (Å²) in [4.78, 5) is 13.8. The summed E-state index contributed by atoms with van der Waals surface area (Å²) in [6.45, 7) is 3.42. The molecule has 1 aliphatic rings. The Labute approximate surface area is 113 Å². The molecule has 0 saturated carbocycles. The lowest BCUT2D eigenvalue weighted by Gasteiger charge is -2.14. The van der Waals surface area contributed by atoms with E-state index in [2.05, 4.69) is 22.3 Å². The maximum atomic E-state index is 11.4. The van der Waals surface area contributed by atoms with Crippen LogP contribution in [0.5, 0.6) is 0 Å². The number of alkyl halides is 1. The van der Waals surface area contributed by atoms with Gasteiger partial charge in [-0.15, -0.1) is 11.6 Å². The Morgan fingerprint density at radius 1 is 1.22 bits per heavy atom. The largest absolute Gasteiger partial charge is 0.326 e. The third kappa shape index (κ3) is 4.00. The predicted molar refractivity (Wildman–Crippen MR) is 74.9 cm³/mol. The Balaban J connectivity index is 1.86. The molecule has 0 radical (unpaired) electrons. The van der Waals surface area contributed by atoms with Crippen molar-refractivity contribution in [3.8, 4) is 0 Å². The lowest BCUT2D eigenvalue weighted by atomic mass is 10.2. The summed E-state index contributed by atoms with van der Waals surface area (Å²) in [7, 11) is 0. The van der Waals surface area contributed by atoms with Crippen LogP contribution in [0.4, 0.5) is 5.69 Å². The number of nitrogens with one attached hydrogen (secondary N) is 1. The molecule has 1 aromatic rings. The van der Waals surface area contributed by atoms with Gasteiger partial charge in [0.2, 0.25) is 5.91 Å². The number of hydrogen-bond acceptors (Lipinski definition) is 2. The van der Waals surface area contributed by atoms with Crippen LogP contribution in [-0.2, 0) is 11.3 Å². The Morgan fingerprint density at radius 3 is 2.50 bits per heavy atom. The van der Waals surface area contributed by atoms with Gasteiger partial charge in [-0.3, -0.25) is 9.69 Å². The summed E-state index contributed by atoms with van der Waals surface area (Å²) < 4.78 is 0. The number of rotatable bonds is 5. The third-order valence-electron chi connectivity index (χ3n) is 3.16. The fourth-order valence-electron chi connectivity index (χ4n) is 2.20. The molecule has 98 valence electrons. The number of carbonyl (C=O) groups excluding carboxylic acids is 1. The van der Waals surface area contributed by atoms with Gasteiger partial charge in [0.05, 0.1) is 0 Å². The topological polar surface area (TPSA) is 32.3 Å². The lowest BCUT2D eigenvalue weighted by Crippen LogP contribution is -2.18. The maximum absolute atomic E-state index is 11.4. The van der Waals surface area contributed by atoms with E-state index in [0.29, 0.717) is 12.3 Å². The quantitative estimate of drug-likeness (QED) is 0.832. The van der Waals surface area contributed by atoms with E-state index in [9.17, 15) is 4.79 Å². The summed E-state index contributed by atoms with van der Waals surface area (Å²) >= 11 is 5.52. The van der Waals surface area contributed by atoms with Crippen LogP contribution >= 0.6 is 11.6 Å². The van der Waals surface area contributed by atoms with Crippen molar-refractivity contribution in [2.75, 3.05) is 24.3 Å². The molecule has 0 unspecified atom stereocenters. The molecule has 4 heteroatoms. The fourth-order valence-corrected chi connectivity index (χ4v) is 2.37. The molecule has 0 spiro atoms. The van der Waals surface area contributed by atoms with Crippen LogP contribution in [0.2, 0.25) is 0 Å². The lowest BCUT2D eigenvalue weighted by molar-refractivity contribution is -0.115. The standard InChI is InChI=1S/C14H19ClN2O/c15-8-7-14(18)16-13-5-3-12(4-6-13)11-17-9-1-2-10-17/h3-6H,1-2,7-11H2,(H,16,18). The second-order valence-electron chi connectivity index (χ2n) is 4.67. The van der Waals surface area contributed by atoms with Crippen molar-refractivity contribution in [2.24, 2.45) is 0 Å². The molecular formula is C14H19ClN2O. The van der Waals surface area contributed by atoms with Gasteiger partial charge in [-0.05, 0) is 43.6 Å². The molecule has 1 saturated heterocycles. The molecule has 1 amide bonds. The van der Waals surface area contributed by atoms with E-state index in [1.807, 2.05) is 12.1 Å². The van der Waals surface area contributed by atoms with Crippen molar-refractivity contribution in [1.29, 1.82) is 0 Å². The van der Waals surface area contributed by atoms with E-state index in [4.69, 9.17) is 11.6 Å². The second-order valence-corrected chi connectivity index (χ2v) is 5.05. The molecule has 0 atom stereocenters. The van der Waals surface area contributed by atoms with Gasteiger partial charge in [0.1, 0.15) is 0 Å². The Hall–Kier alpha value is -1.06. The van der Waals surface area contributed by atoms with Gasteiger partial charge >= 0.3 is 0 Å². The zero-order valence-corrected chi connectivity index (χ0v) is 11.2. The zero-order chi connectivity index (χ0) is 12.8. The highest BCUT2D eigenvalue weighted by Crippen LogP contribution is 2.15. The average Bonchev–Trinajstić information content (AvgIpc) is 2.85. The molecule has 0 aromatic heterocycles. The first kappa shape index (κ1) is 13.4. The Morgan fingerprint density at radius 2 is 1.89 bits per heavy atom. The Bertz CT molecular complexity index is 385. The number of anilines is 1. The van der Waals surface area contributed by atoms with Gasteiger partial charge in [-0.1, -0.05) is 12.1 Å². The van der Waals surface area contributed by atoms with Gasteiger partial charge in [0.15, 0.2) is 0 Å². The molecule has 1 aliphatic heterocycles. The molecule has 1 fully saturated rings. The van der Waals surface area contributed by atoms with Crippen molar-refractivity contribution in [1.82, 2.24) is 4.90 Å². The van der Waals surface area contributed by atoms with E-state index in [0.717, 1.165) is 12.2 Å². The van der Waals surface area contributed by atoms with E-state index in [-0.39, 0.29) is 5.91 Å². The molecular weight excluding hydrogens is 248 g/mol. The van der Waals surface area contributed by atoms with Crippen LogP contribution in [0.1, 0.15) is 24.8 Å². The third-order valence-corrected chi connectivity index (χ3v) is 3.35. The molecule has 0 bridgehead atoms. The van der Waals surface area contributed by atoms with E-state index < -0.39 is 0 Å². The SMILES string of the molecule is O=C(CCCl)Nc1ccc(CN2CCCC2)cc1. The summed E-state index contributed by atoms with van der Waals surface area (Å²) in [6.07, 6.45) is 2.98. The van der Waals surface area contributed by atoms with Crippen LogP contribution in [0, 0.1) is 0 Å². The number of halogens is 1. The number of hydrogen-bond donors (Lipinski definition) is 1. The van der Waals surface area contributed by atoms with Gasteiger partial charge in [0.25, 0.3) is 0 Å². The minimum Gasteiger partial charge on any atom is -0.326 e. The van der Waals surface area contributed by atoms with Gasteiger partial charge in [-0.2, -0.15) is 0 Å². The smallest absolute Gasteiger partial charge is 0.225 e. The summed E-state index contributed by atoms with van der Waals surface area (Å²) in [5.41, 5.74) is 2.14. The van der Waals surface area contributed by atoms with Gasteiger partial charge in [0, 0.05) is 24.5 Å². The van der Waals surface area contributed by atoms with Gasteiger partial charge in [-0.25, -0.2) is 0 Å². The van der Waals surface area contributed by atoms with Crippen LogP contribution in [0.25, 0.3) is 0 Å². The first-order valence-electron chi connectivity index (χ1n) is 6.45. The van der Waals surface area contributed by atoms with Gasteiger partial charge < -0.3 is 5.32 Å². The minimum absolute atomic E-state index is 0.0303. The molecule has 3 nitrogen and oxygen atoms in total. The first-order valence-corrected chi connectivity index (χ1v) is 6.98. The summed E-state index contributed by atoms with van der Waals surface area (Å²) in [5, 5.41) is 2.83. The van der Waals surface area contributed by atoms with Crippen LogP contribution < -0.4 is 5.32 Å². The zero-order valence-electron chi connectivity index (χ0n) is 10.5. The fraction of sp³-hybridized carbons (Fsp3) is 0.500. The molecule has 18 heavy (non-hydrogen) atoms. The molecule has 2 rings (SSSR count). The number of nitrogens with zero attached hydrogens (tertiary/aromatic N) is 1. The first-order chi connectivity index (χ1) is 8.78. The highest BCUT2D eigenvalue weighted by atomic mass is 35.5. The molecule has 0 aliphatic carbocycles. The summed E-state index contributed by atoms with van der Waals surface area (Å²) in [5.74, 6) is 0.330. The average molecular weight is 267 g/mol. The van der Waals surface area contributed by atoms with Crippen molar-refractivity contribution in [2.45, 2.75) is 25.8 Å². The number of likely N-dealkylation sites (tertiary alicyclic amines) is 1. The number of carbonyl (C=O) groups is 1. The molecule has 1 N–H and O–H groups in total. The van der Waals surface area contributed by atoms with Crippen molar-refractivity contribution in [3.05, 3.63) is 29.8 Å². The molecule has 1 heterocycles.